The third kappa shape index (κ3) is 3.16. The number of nitrogens with two attached hydrogens (primary N) is 1. The zero-order chi connectivity index (χ0) is 20.3. The number of hydroxylamine groups is 1. The Bertz CT molecular complexity index is 1060. The topological polar surface area (TPSA) is 149 Å². The molecular weight excluding hydrogens is 360 g/mol. The molecule has 1 aliphatic rings. The first-order chi connectivity index (χ1) is 13.4. The van der Waals surface area contributed by atoms with Crippen LogP contribution in [0.1, 0.15) is 28.2 Å². The number of hydrogen-bond acceptors (Lipinski definition) is 6. The molecule has 0 saturated heterocycles. The molecule has 4 N–H and O–H groups in total. The molecule has 138 valence electrons. The monoisotopic (exact) mass is 374 g/mol. The van der Waals surface area contributed by atoms with Crippen molar-refractivity contribution >= 4 is 17.6 Å². The molecule has 3 rings (SSSR count). The molecule has 1 amide bonds. The highest BCUT2D eigenvalue weighted by molar-refractivity contribution is 5.96. The highest BCUT2D eigenvalue weighted by Gasteiger charge is 2.53. The number of amides is 1. The first-order valence-electron chi connectivity index (χ1n) is 8.11. The Morgan fingerprint density at radius 3 is 2.36 bits per heavy atom. The van der Waals surface area contributed by atoms with Crippen LogP contribution in [-0.4, -0.2) is 22.6 Å². The van der Waals surface area contributed by atoms with Gasteiger partial charge in [-0.15, -0.1) is 0 Å². The van der Waals surface area contributed by atoms with E-state index in [1.807, 2.05) is 12.1 Å². The van der Waals surface area contributed by atoms with Crippen molar-refractivity contribution in [2.24, 2.45) is 5.73 Å². The number of carbonyl (C=O) groups excluding carboxylic acids is 1. The minimum absolute atomic E-state index is 0.291. The summed E-state index contributed by atoms with van der Waals surface area (Å²) in [4.78, 5) is 29.7. The molecule has 8 heteroatoms. The summed E-state index contributed by atoms with van der Waals surface area (Å²) < 4.78 is 0. The molecule has 0 aromatic heterocycles. The van der Waals surface area contributed by atoms with Crippen molar-refractivity contribution in [1.29, 1.82) is 10.5 Å². The number of benzene rings is 2. The van der Waals surface area contributed by atoms with Gasteiger partial charge in [0.05, 0.1) is 29.0 Å². The number of carboxylic acids is 1. The number of primary amides is 1. The smallest absolute Gasteiger partial charge is 0.344 e. The van der Waals surface area contributed by atoms with Gasteiger partial charge in [-0.1, -0.05) is 24.3 Å². The molecule has 0 fully saturated rings. The summed E-state index contributed by atoms with van der Waals surface area (Å²) in [6.45, 7) is 0. The van der Waals surface area contributed by atoms with E-state index >= 15 is 0 Å². The van der Waals surface area contributed by atoms with E-state index in [0.29, 0.717) is 28.0 Å². The van der Waals surface area contributed by atoms with E-state index in [0.717, 1.165) is 0 Å². The molecule has 0 radical (unpaired) electrons. The lowest BCUT2D eigenvalue weighted by Gasteiger charge is -2.28. The summed E-state index contributed by atoms with van der Waals surface area (Å²) >= 11 is 0. The van der Waals surface area contributed by atoms with E-state index in [1.165, 1.54) is 30.3 Å². The van der Waals surface area contributed by atoms with Crippen molar-refractivity contribution in [2.75, 3.05) is 0 Å². The Balaban J connectivity index is 2.11. The first kappa shape index (κ1) is 18.6. The zero-order valence-electron chi connectivity index (χ0n) is 14.4. The number of aliphatic carboxylic acids is 1. The molecule has 1 aliphatic heterocycles. The van der Waals surface area contributed by atoms with Crippen LogP contribution in [0.25, 0.3) is 5.70 Å². The zero-order valence-corrected chi connectivity index (χ0v) is 14.4. The van der Waals surface area contributed by atoms with Crippen LogP contribution in [0.15, 0.2) is 54.6 Å². The standard InChI is InChI=1S/C20H14N4O4/c21-10-12-4-6-14(7-5-12)17(18(23)25)20(19(26)27)9-16(24-28-20)15-3-1-2-13(8-15)11-22/h1-9,17,24H,(H2,23,25)(H,26,27). The molecule has 1 heterocycles. The number of nitrogens with one attached hydrogen (secondary N) is 1. The van der Waals surface area contributed by atoms with Crippen molar-refractivity contribution in [3.05, 3.63) is 76.9 Å². The third-order valence-corrected chi connectivity index (χ3v) is 4.41. The lowest BCUT2D eigenvalue weighted by atomic mass is 9.80. The molecule has 2 aromatic carbocycles. The second-order valence-electron chi connectivity index (χ2n) is 6.12. The molecule has 2 unspecified atom stereocenters. The number of carbonyl (C=O) groups is 2. The van der Waals surface area contributed by atoms with Gasteiger partial charge in [-0.3, -0.25) is 15.1 Å². The summed E-state index contributed by atoms with van der Waals surface area (Å²) in [5.74, 6) is -3.68. The summed E-state index contributed by atoms with van der Waals surface area (Å²) in [6.07, 6.45) is 1.26. The highest BCUT2D eigenvalue weighted by atomic mass is 16.7. The second kappa shape index (κ2) is 7.23. The van der Waals surface area contributed by atoms with Crippen LogP contribution in [0.3, 0.4) is 0 Å². The first-order valence-corrected chi connectivity index (χ1v) is 8.11. The Morgan fingerprint density at radius 1 is 1.11 bits per heavy atom. The van der Waals surface area contributed by atoms with Gasteiger partial charge < -0.3 is 10.8 Å². The van der Waals surface area contributed by atoms with Crippen molar-refractivity contribution < 1.29 is 19.5 Å². The van der Waals surface area contributed by atoms with Gasteiger partial charge in [0.2, 0.25) is 11.5 Å². The van der Waals surface area contributed by atoms with Gasteiger partial charge in [0.25, 0.3) is 0 Å². The molecule has 0 bridgehead atoms. The van der Waals surface area contributed by atoms with E-state index in [2.05, 4.69) is 5.48 Å². The number of hydrogen-bond donors (Lipinski definition) is 3. The van der Waals surface area contributed by atoms with Gasteiger partial charge >= 0.3 is 5.97 Å². The summed E-state index contributed by atoms with van der Waals surface area (Å²) in [6, 6.07) is 16.3. The molecule has 0 saturated carbocycles. The van der Waals surface area contributed by atoms with Crippen molar-refractivity contribution in [1.82, 2.24) is 5.48 Å². The Morgan fingerprint density at radius 2 is 1.79 bits per heavy atom. The molecular formula is C20H14N4O4. The quantitative estimate of drug-likeness (QED) is 0.716. The lowest BCUT2D eigenvalue weighted by Crippen LogP contribution is -2.49. The fourth-order valence-corrected chi connectivity index (χ4v) is 3.06. The minimum atomic E-state index is -2.10. The summed E-state index contributed by atoms with van der Waals surface area (Å²) in [5, 5.41) is 27.9. The van der Waals surface area contributed by atoms with Crippen LogP contribution in [0.2, 0.25) is 0 Å². The number of nitrogens with zero attached hydrogens (tertiary/aromatic N) is 2. The predicted molar refractivity (Wildman–Crippen MR) is 96.8 cm³/mol. The minimum Gasteiger partial charge on any atom is -0.479 e. The average molecular weight is 374 g/mol. The molecule has 28 heavy (non-hydrogen) atoms. The van der Waals surface area contributed by atoms with Crippen molar-refractivity contribution in [3.63, 3.8) is 0 Å². The van der Waals surface area contributed by atoms with E-state index in [-0.39, 0.29) is 0 Å². The Hall–Kier alpha value is -4.14. The fourth-order valence-electron chi connectivity index (χ4n) is 3.06. The van der Waals surface area contributed by atoms with Crippen LogP contribution >= 0.6 is 0 Å². The summed E-state index contributed by atoms with van der Waals surface area (Å²) in [5.41, 5.74) is 7.79. The predicted octanol–water partition coefficient (Wildman–Crippen LogP) is 1.40. The van der Waals surface area contributed by atoms with Gasteiger partial charge in [-0.25, -0.2) is 4.79 Å². The van der Waals surface area contributed by atoms with Crippen LogP contribution in [0.4, 0.5) is 0 Å². The molecule has 8 nitrogen and oxygen atoms in total. The van der Waals surface area contributed by atoms with Crippen LogP contribution in [0, 0.1) is 22.7 Å². The molecule has 2 aromatic rings. The van der Waals surface area contributed by atoms with E-state index in [9.17, 15) is 14.7 Å². The van der Waals surface area contributed by atoms with E-state index in [1.54, 1.807) is 24.3 Å². The number of carboxylic acid groups (broad SMARTS) is 1. The lowest BCUT2D eigenvalue weighted by molar-refractivity contribution is -0.167. The maximum Gasteiger partial charge on any atom is 0.344 e. The SMILES string of the molecule is N#Cc1ccc(C(C(N)=O)C2(C(=O)O)C=C(c3cccc(C#N)c3)NO2)cc1. The Kier molecular flexibility index (Phi) is 4.82. The average Bonchev–Trinajstić information content (AvgIpc) is 3.15. The van der Waals surface area contributed by atoms with Gasteiger partial charge in [-0.2, -0.15) is 10.5 Å². The summed E-state index contributed by atoms with van der Waals surface area (Å²) in [7, 11) is 0. The molecule has 2 atom stereocenters. The normalized spacial score (nSPS) is 18.9. The van der Waals surface area contributed by atoms with Crippen LogP contribution in [-0.2, 0) is 14.4 Å². The second-order valence-corrected chi connectivity index (χ2v) is 6.12. The maximum atomic E-state index is 12.2. The highest BCUT2D eigenvalue weighted by Crippen LogP contribution is 2.38. The fraction of sp³-hybridized carbons (Fsp3) is 0.100. The number of nitriles is 2. The number of rotatable bonds is 5. The molecule has 0 spiro atoms. The largest absolute Gasteiger partial charge is 0.479 e. The van der Waals surface area contributed by atoms with Crippen LogP contribution in [0.5, 0.6) is 0 Å². The van der Waals surface area contributed by atoms with Gasteiger partial charge in [0.15, 0.2) is 0 Å². The molecule has 0 aliphatic carbocycles. The van der Waals surface area contributed by atoms with Crippen molar-refractivity contribution in [3.8, 4) is 12.1 Å². The van der Waals surface area contributed by atoms with Gasteiger partial charge in [0.1, 0.15) is 5.92 Å². The van der Waals surface area contributed by atoms with Crippen molar-refractivity contribution in [2.45, 2.75) is 11.5 Å². The Labute approximate surface area is 160 Å². The van der Waals surface area contributed by atoms with Gasteiger partial charge in [0, 0.05) is 5.56 Å². The van der Waals surface area contributed by atoms with E-state index < -0.39 is 23.4 Å². The maximum absolute atomic E-state index is 12.2. The third-order valence-electron chi connectivity index (χ3n) is 4.41. The van der Waals surface area contributed by atoms with Gasteiger partial charge in [-0.05, 0) is 35.9 Å². The van der Waals surface area contributed by atoms with Crippen LogP contribution < -0.4 is 11.2 Å². The van der Waals surface area contributed by atoms with E-state index in [4.69, 9.17) is 21.1 Å².